The molecule has 2 amide bonds. The molecule has 7 heteroatoms. The second kappa shape index (κ2) is 7.60. The zero-order chi connectivity index (χ0) is 15.1. The first-order valence-electron chi connectivity index (χ1n) is 6.33. The van der Waals surface area contributed by atoms with Crippen molar-refractivity contribution in [2.45, 2.75) is 58.0 Å². The largest absolute Gasteiger partial charge is 0.481 e. The Morgan fingerprint density at radius 2 is 1.53 bits per heavy atom. The summed E-state index contributed by atoms with van der Waals surface area (Å²) in [7, 11) is 0. The average molecular weight is 274 g/mol. The van der Waals surface area contributed by atoms with Crippen molar-refractivity contribution in [2.75, 3.05) is 0 Å². The third-order valence-corrected chi connectivity index (χ3v) is 3.39. The monoisotopic (exact) mass is 274 g/mol. The highest BCUT2D eigenvalue weighted by atomic mass is 16.4. The lowest BCUT2D eigenvalue weighted by Gasteiger charge is -2.32. The summed E-state index contributed by atoms with van der Waals surface area (Å²) in [6, 6.07) is -2.08. The molecule has 0 aromatic rings. The minimum Gasteiger partial charge on any atom is -0.481 e. The number of amides is 2. The van der Waals surface area contributed by atoms with Gasteiger partial charge in [0.25, 0.3) is 0 Å². The fourth-order valence-corrected chi connectivity index (χ4v) is 1.83. The van der Waals surface area contributed by atoms with Gasteiger partial charge in [0.05, 0.1) is 6.42 Å². The second-order valence-corrected chi connectivity index (χ2v) is 4.43. The Bertz CT molecular complexity index is 331. The zero-order valence-electron chi connectivity index (χ0n) is 11.5. The smallest absolute Gasteiger partial charge is 0.326 e. The predicted octanol–water partition coefficient (Wildman–Crippen LogP) is 1.18. The lowest BCUT2D eigenvalue weighted by molar-refractivity contribution is -0.145. The van der Waals surface area contributed by atoms with Gasteiger partial charge in [-0.1, -0.05) is 20.8 Å². The second-order valence-electron chi connectivity index (χ2n) is 4.43. The molecule has 0 saturated carbocycles. The summed E-state index contributed by atoms with van der Waals surface area (Å²) in [5, 5.41) is 22.3. The molecule has 0 aliphatic rings. The van der Waals surface area contributed by atoms with Crippen LogP contribution in [0.1, 0.15) is 46.5 Å². The molecule has 4 N–H and O–H groups in total. The van der Waals surface area contributed by atoms with Gasteiger partial charge in [-0.05, 0) is 19.3 Å². The molecule has 0 bridgehead atoms. The van der Waals surface area contributed by atoms with E-state index in [1.807, 2.05) is 20.8 Å². The van der Waals surface area contributed by atoms with Gasteiger partial charge in [-0.2, -0.15) is 0 Å². The lowest BCUT2D eigenvalue weighted by atomic mass is 9.90. The van der Waals surface area contributed by atoms with E-state index in [-0.39, 0.29) is 0 Å². The Balaban J connectivity index is 4.65. The molecule has 1 unspecified atom stereocenters. The van der Waals surface area contributed by atoms with Crippen LogP contribution < -0.4 is 10.6 Å². The van der Waals surface area contributed by atoms with E-state index in [1.54, 1.807) is 0 Å². The van der Waals surface area contributed by atoms with Crippen LogP contribution in [0.4, 0.5) is 4.79 Å². The van der Waals surface area contributed by atoms with Crippen LogP contribution in [0.2, 0.25) is 0 Å². The Hall–Kier alpha value is -1.79. The standard InChI is InChI=1S/C12H22N2O5/c1-4-12(5-2,6-3)14-11(19)13-8(10(17)18)7-9(15)16/h8H,4-7H2,1-3H3,(H,15,16)(H,17,18)(H2,13,14,19). The van der Waals surface area contributed by atoms with E-state index in [0.717, 1.165) is 0 Å². The molecular weight excluding hydrogens is 252 g/mol. The Kier molecular flexibility index (Phi) is 6.89. The van der Waals surface area contributed by atoms with Gasteiger partial charge < -0.3 is 20.8 Å². The molecule has 0 heterocycles. The molecule has 0 aliphatic carbocycles. The summed E-state index contributed by atoms with van der Waals surface area (Å²) in [4.78, 5) is 33.1. The van der Waals surface area contributed by atoms with E-state index < -0.39 is 36.0 Å². The summed E-state index contributed by atoms with van der Waals surface area (Å²) in [6.45, 7) is 5.79. The number of carboxylic acid groups (broad SMARTS) is 2. The van der Waals surface area contributed by atoms with Crippen molar-refractivity contribution in [3.63, 3.8) is 0 Å². The van der Waals surface area contributed by atoms with Crippen molar-refractivity contribution in [1.29, 1.82) is 0 Å². The van der Waals surface area contributed by atoms with Crippen LogP contribution in [-0.2, 0) is 9.59 Å². The Labute approximate surface area is 112 Å². The fourth-order valence-electron chi connectivity index (χ4n) is 1.83. The molecule has 19 heavy (non-hydrogen) atoms. The average Bonchev–Trinajstić information content (AvgIpc) is 2.34. The van der Waals surface area contributed by atoms with Crippen LogP contribution in [0.15, 0.2) is 0 Å². The predicted molar refractivity (Wildman–Crippen MR) is 68.9 cm³/mol. The van der Waals surface area contributed by atoms with E-state index in [2.05, 4.69) is 10.6 Å². The number of hydrogen-bond acceptors (Lipinski definition) is 3. The first-order valence-corrected chi connectivity index (χ1v) is 6.33. The van der Waals surface area contributed by atoms with Gasteiger partial charge in [-0.3, -0.25) is 4.79 Å². The van der Waals surface area contributed by atoms with Crippen LogP contribution in [-0.4, -0.2) is 39.8 Å². The van der Waals surface area contributed by atoms with Gasteiger partial charge in [0, 0.05) is 5.54 Å². The topological polar surface area (TPSA) is 116 Å². The maximum Gasteiger partial charge on any atom is 0.326 e. The van der Waals surface area contributed by atoms with Crippen LogP contribution in [0.3, 0.4) is 0 Å². The van der Waals surface area contributed by atoms with Crippen molar-refractivity contribution in [2.24, 2.45) is 0 Å². The van der Waals surface area contributed by atoms with E-state index in [1.165, 1.54) is 0 Å². The van der Waals surface area contributed by atoms with Crippen LogP contribution in [0.25, 0.3) is 0 Å². The molecule has 0 rings (SSSR count). The molecule has 0 radical (unpaired) electrons. The Morgan fingerprint density at radius 3 is 1.84 bits per heavy atom. The summed E-state index contributed by atoms with van der Waals surface area (Å²) in [5.41, 5.74) is -0.392. The number of urea groups is 1. The highest BCUT2D eigenvalue weighted by molar-refractivity contribution is 5.86. The lowest BCUT2D eigenvalue weighted by Crippen LogP contribution is -2.55. The molecule has 0 saturated heterocycles. The quantitative estimate of drug-likeness (QED) is 0.530. The molecule has 0 aromatic carbocycles. The van der Waals surface area contributed by atoms with Gasteiger partial charge in [-0.25, -0.2) is 9.59 Å². The molecule has 0 fully saturated rings. The maximum atomic E-state index is 11.8. The number of hydrogen-bond donors (Lipinski definition) is 4. The van der Waals surface area contributed by atoms with Crippen molar-refractivity contribution >= 4 is 18.0 Å². The highest BCUT2D eigenvalue weighted by Crippen LogP contribution is 2.18. The fraction of sp³-hybridized carbons (Fsp3) is 0.750. The van der Waals surface area contributed by atoms with Crippen LogP contribution in [0.5, 0.6) is 0 Å². The summed E-state index contributed by atoms with van der Waals surface area (Å²) < 4.78 is 0. The molecular formula is C12H22N2O5. The minimum absolute atomic E-state index is 0.392. The molecule has 0 aliphatic heterocycles. The van der Waals surface area contributed by atoms with E-state index in [9.17, 15) is 14.4 Å². The van der Waals surface area contributed by atoms with Crippen LogP contribution in [0, 0.1) is 0 Å². The number of rotatable bonds is 8. The zero-order valence-corrected chi connectivity index (χ0v) is 11.5. The number of carboxylic acids is 2. The number of aliphatic carboxylic acids is 2. The van der Waals surface area contributed by atoms with E-state index in [4.69, 9.17) is 10.2 Å². The van der Waals surface area contributed by atoms with E-state index in [0.29, 0.717) is 19.3 Å². The molecule has 1 atom stereocenters. The van der Waals surface area contributed by atoms with E-state index >= 15 is 0 Å². The van der Waals surface area contributed by atoms with Gasteiger partial charge in [0.1, 0.15) is 6.04 Å². The highest BCUT2D eigenvalue weighted by Gasteiger charge is 2.29. The number of carbonyl (C=O) groups is 3. The summed E-state index contributed by atoms with van der Waals surface area (Å²) in [5.74, 6) is -2.65. The third kappa shape index (κ3) is 5.58. The molecule has 0 aromatic heterocycles. The number of nitrogens with one attached hydrogen (secondary N) is 2. The van der Waals surface area contributed by atoms with Crippen molar-refractivity contribution in [1.82, 2.24) is 10.6 Å². The molecule has 0 spiro atoms. The first-order chi connectivity index (χ1) is 8.80. The van der Waals surface area contributed by atoms with Crippen molar-refractivity contribution in [3.05, 3.63) is 0 Å². The maximum absolute atomic E-state index is 11.8. The van der Waals surface area contributed by atoms with Gasteiger partial charge >= 0.3 is 18.0 Å². The minimum atomic E-state index is -1.43. The van der Waals surface area contributed by atoms with Crippen LogP contribution >= 0.6 is 0 Å². The van der Waals surface area contributed by atoms with Crippen molar-refractivity contribution in [3.8, 4) is 0 Å². The summed E-state index contributed by atoms with van der Waals surface area (Å²) >= 11 is 0. The third-order valence-electron chi connectivity index (χ3n) is 3.39. The van der Waals surface area contributed by atoms with Gasteiger partial charge in [0.15, 0.2) is 0 Å². The van der Waals surface area contributed by atoms with Crippen molar-refractivity contribution < 1.29 is 24.6 Å². The summed E-state index contributed by atoms with van der Waals surface area (Å²) in [6.07, 6.45) is 1.48. The first kappa shape index (κ1) is 17.2. The SMILES string of the molecule is CCC(CC)(CC)NC(=O)NC(CC(=O)O)C(=O)O. The van der Waals surface area contributed by atoms with Gasteiger partial charge in [-0.15, -0.1) is 0 Å². The van der Waals surface area contributed by atoms with Gasteiger partial charge in [0.2, 0.25) is 0 Å². The number of carbonyl (C=O) groups excluding carboxylic acids is 1. The normalized spacial score (nSPS) is 12.6. The molecule has 110 valence electrons. The Morgan fingerprint density at radius 1 is 1.05 bits per heavy atom. The molecule has 7 nitrogen and oxygen atoms in total.